The quantitative estimate of drug-likeness (QED) is 0.269. The van der Waals surface area contributed by atoms with Crippen molar-refractivity contribution in [2.24, 2.45) is 28.3 Å². The van der Waals surface area contributed by atoms with E-state index in [9.17, 15) is 14.4 Å². The van der Waals surface area contributed by atoms with Crippen molar-refractivity contribution < 1.29 is 28.6 Å². The monoisotopic (exact) mass is 441 g/mol. The average Bonchev–Trinajstić information content (AvgIpc) is 2.71. The van der Waals surface area contributed by atoms with E-state index in [-0.39, 0.29) is 42.4 Å². The maximum Gasteiger partial charge on any atom is 0.344 e. The van der Waals surface area contributed by atoms with Gasteiger partial charge in [0, 0.05) is 6.54 Å². The number of guanidine groups is 1. The lowest BCUT2D eigenvalue weighted by molar-refractivity contribution is -0.146. The fourth-order valence-electron chi connectivity index (χ4n) is 3.08. The molecule has 0 aliphatic heterocycles. The highest BCUT2D eigenvalue weighted by atomic mass is 35.5. The van der Waals surface area contributed by atoms with Crippen LogP contribution in [0.5, 0.6) is 5.75 Å². The van der Waals surface area contributed by atoms with E-state index >= 15 is 0 Å². The van der Waals surface area contributed by atoms with Crippen LogP contribution < -0.4 is 16.2 Å². The summed E-state index contributed by atoms with van der Waals surface area (Å²) >= 11 is 0. The number of halogens is 1. The van der Waals surface area contributed by atoms with Crippen molar-refractivity contribution >= 4 is 36.3 Å². The van der Waals surface area contributed by atoms with Crippen LogP contribution in [0, 0.1) is 11.8 Å². The Bertz CT molecular complexity index is 741. The second-order valence-corrected chi connectivity index (χ2v) is 6.81. The lowest BCUT2D eigenvalue weighted by atomic mass is 9.82. The minimum Gasteiger partial charge on any atom is -0.463 e. The molecular formula is C20H28ClN3O6. The maximum atomic E-state index is 12.4. The third-order valence-corrected chi connectivity index (χ3v) is 4.65. The first-order chi connectivity index (χ1) is 13.9. The summed E-state index contributed by atoms with van der Waals surface area (Å²) in [5.74, 6) is -0.919. The summed E-state index contributed by atoms with van der Waals surface area (Å²) in [6, 6.07) is 5.98. The van der Waals surface area contributed by atoms with Crippen molar-refractivity contribution in [1.29, 1.82) is 0 Å². The number of hydrogen-bond acceptors (Lipinski definition) is 7. The molecule has 1 saturated carbocycles. The predicted octanol–water partition coefficient (Wildman–Crippen LogP) is 1.81. The number of aliphatic imine (C=N–C) groups is 1. The van der Waals surface area contributed by atoms with Gasteiger partial charge in [0.1, 0.15) is 5.75 Å². The molecular weight excluding hydrogens is 414 g/mol. The fraction of sp³-hybridized carbons (Fsp3) is 0.500. The van der Waals surface area contributed by atoms with Crippen molar-refractivity contribution in [1.82, 2.24) is 0 Å². The van der Waals surface area contributed by atoms with Gasteiger partial charge in [-0.25, -0.2) is 9.59 Å². The van der Waals surface area contributed by atoms with Gasteiger partial charge in [0.25, 0.3) is 0 Å². The van der Waals surface area contributed by atoms with Crippen LogP contribution in [-0.2, 0) is 19.1 Å². The molecule has 1 fully saturated rings. The summed E-state index contributed by atoms with van der Waals surface area (Å²) in [5.41, 5.74) is 10.9. The van der Waals surface area contributed by atoms with Crippen LogP contribution in [0.15, 0.2) is 29.3 Å². The van der Waals surface area contributed by atoms with Gasteiger partial charge in [0.2, 0.25) is 0 Å². The number of rotatable bonds is 8. The zero-order chi connectivity index (χ0) is 21.2. The zero-order valence-corrected chi connectivity index (χ0v) is 17.7. The van der Waals surface area contributed by atoms with Crippen molar-refractivity contribution in [2.75, 3.05) is 19.8 Å². The van der Waals surface area contributed by atoms with Crippen molar-refractivity contribution in [3.05, 3.63) is 29.8 Å². The Hall–Kier alpha value is -2.81. The van der Waals surface area contributed by atoms with E-state index in [1.54, 1.807) is 6.92 Å². The Balaban J connectivity index is 0.00000450. The molecule has 0 heterocycles. The predicted molar refractivity (Wildman–Crippen MR) is 112 cm³/mol. The first-order valence-electron chi connectivity index (χ1n) is 9.59. The van der Waals surface area contributed by atoms with Gasteiger partial charge in [-0.05, 0) is 62.8 Å². The van der Waals surface area contributed by atoms with Gasteiger partial charge in [-0.1, -0.05) is 0 Å². The Morgan fingerprint density at radius 2 is 1.67 bits per heavy atom. The lowest BCUT2D eigenvalue weighted by Gasteiger charge is -2.26. The third kappa shape index (κ3) is 8.28. The summed E-state index contributed by atoms with van der Waals surface area (Å²) in [6.45, 7) is 2.01. The van der Waals surface area contributed by atoms with Gasteiger partial charge in [0.05, 0.1) is 18.1 Å². The molecule has 0 unspecified atom stereocenters. The number of nitrogens with zero attached hydrogens (tertiary/aromatic N) is 1. The largest absolute Gasteiger partial charge is 0.463 e. The van der Waals surface area contributed by atoms with Gasteiger partial charge < -0.3 is 25.7 Å². The van der Waals surface area contributed by atoms with Crippen molar-refractivity contribution in [2.45, 2.75) is 32.6 Å². The molecule has 0 saturated heterocycles. The van der Waals surface area contributed by atoms with Crippen LogP contribution >= 0.6 is 12.4 Å². The first kappa shape index (κ1) is 25.2. The minimum atomic E-state index is -0.657. The Kier molecular flexibility index (Phi) is 10.7. The fourth-order valence-corrected chi connectivity index (χ4v) is 3.08. The van der Waals surface area contributed by atoms with E-state index in [0.29, 0.717) is 18.2 Å². The topological polar surface area (TPSA) is 143 Å². The molecule has 9 nitrogen and oxygen atoms in total. The number of carbonyl (C=O) groups excluding carboxylic acids is 3. The van der Waals surface area contributed by atoms with Gasteiger partial charge >= 0.3 is 17.9 Å². The van der Waals surface area contributed by atoms with E-state index < -0.39 is 18.5 Å². The molecule has 4 N–H and O–H groups in total. The summed E-state index contributed by atoms with van der Waals surface area (Å²) in [7, 11) is 0. The standard InChI is InChI=1S/C20H27N3O6.ClH/c1-2-27-17(24)12-28-18(25)14-7-9-16(10-8-14)29-19(26)15-5-3-13(4-6-15)11-23-20(21)22;/h7-10,13,15H,2-6,11-12H2,1H3,(H4,21,22,23);1H. The number of ether oxygens (including phenoxy) is 3. The van der Waals surface area contributed by atoms with E-state index in [2.05, 4.69) is 9.73 Å². The minimum absolute atomic E-state index is 0. The number of nitrogens with two attached hydrogens (primary N) is 2. The summed E-state index contributed by atoms with van der Waals surface area (Å²) in [5, 5.41) is 0. The molecule has 10 heteroatoms. The molecule has 0 radical (unpaired) electrons. The van der Waals surface area contributed by atoms with Crippen LogP contribution in [-0.4, -0.2) is 43.6 Å². The van der Waals surface area contributed by atoms with Gasteiger partial charge in [-0.3, -0.25) is 9.79 Å². The van der Waals surface area contributed by atoms with E-state index in [1.165, 1.54) is 24.3 Å². The lowest BCUT2D eigenvalue weighted by Crippen LogP contribution is -2.28. The number of esters is 3. The Morgan fingerprint density at radius 1 is 1.03 bits per heavy atom. The molecule has 166 valence electrons. The van der Waals surface area contributed by atoms with Crippen LogP contribution in [0.2, 0.25) is 0 Å². The SMILES string of the molecule is CCOC(=O)COC(=O)c1ccc(OC(=O)C2CCC(CN=C(N)N)CC2)cc1.Cl. The van der Waals surface area contributed by atoms with Gasteiger partial charge in [-0.2, -0.15) is 0 Å². The highest BCUT2D eigenvalue weighted by Gasteiger charge is 2.27. The van der Waals surface area contributed by atoms with E-state index in [1.807, 2.05) is 0 Å². The summed E-state index contributed by atoms with van der Waals surface area (Å²) < 4.78 is 15.0. The molecule has 1 aromatic rings. The zero-order valence-electron chi connectivity index (χ0n) is 16.9. The summed E-state index contributed by atoms with van der Waals surface area (Å²) in [4.78, 5) is 39.5. The number of hydrogen-bond donors (Lipinski definition) is 2. The number of benzene rings is 1. The molecule has 30 heavy (non-hydrogen) atoms. The molecule has 0 amide bonds. The van der Waals surface area contributed by atoms with Crippen molar-refractivity contribution in [3.63, 3.8) is 0 Å². The third-order valence-electron chi connectivity index (χ3n) is 4.65. The maximum absolute atomic E-state index is 12.4. The molecule has 2 rings (SSSR count). The highest BCUT2D eigenvalue weighted by Crippen LogP contribution is 2.30. The normalized spacial score (nSPS) is 17.8. The van der Waals surface area contributed by atoms with Crippen molar-refractivity contribution in [3.8, 4) is 5.75 Å². The van der Waals surface area contributed by atoms with Crippen LogP contribution in [0.1, 0.15) is 43.0 Å². The Labute approximate surface area is 181 Å². The van der Waals surface area contributed by atoms with Crippen LogP contribution in [0.3, 0.4) is 0 Å². The molecule has 0 atom stereocenters. The molecule has 0 bridgehead atoms. The van der Waals surface area contributed by atoms with Gasteiger partial charge in [-0.15, -0.1) is 12.4 Å². The second-order valence-electron chi connectivity index (χ2n) is 6.81. The number of carbonyl (C=O) groups is 3. The molecule has 1 aliphatic rings. The highest BCUT2D eigenvalue weighted by molar-refractivity contribution is 5.91. The molecule has 0 aromatic heterocycles. The second kappa shape index (κ2) is 12.7. The molecule has 1 aromatic carbocycles. The smallest absolute Gasteiger partial charge is 0.344 e. The average molecular weight is 442 g/mol. The van der Waals surface area contributed by atoms with E-state index in [0.717, 1.165) is 25.7 Å². The summed E-state index contributed by atoms with van der Waals surface area (Å²) in [6.07, 6.45) is 3.17. The Morgan fingerprint density at radius 3 is 2.23 bits per heavy atom. The van der Waals surface area contributed by atoms with E-state index in [4.69, 9.17) is 20.9 Å². The molecule has 0 spiro atoms. The van der Waals surface area contributed by atoms with Crippen LogP contribution in [0.25, 0.3) is 0 Å². The first-order valence-corrected chi connectivity index (χ1v) is 9.59. The molecule has 1 aliphatic carbocycles. The van der Waals surface area contributed by atoms with Crippen LogP contribution in [0.4, 0.5) is 0 Å². The van der Waals surface area contributed by atoms with Gasteiger partial charge in [0.15, 0.2) is 12.6 Å².